The van der Waals surface area contributed by atoms with Crippen molar-refractivity contribution in [2.24, 2.45) is 11.8 Å². The second-order valence-corrected chi connectivity index (χ2v) is 10.5. The Kier molecular flexibility index (Phi) is 8.64. The van der Waals surface area contributed by atoms with Gasteiger partial charge in [-0.15, -0.1) is 0 Å². The summed E-state index contributed by atoms with van der Waals surface area (Å²) in [5, 5.41) is 13.1. The molecule has 1 heterocycles. The van der Waals surface area contributed by atoms with Crippen LogP contribution in [0.2, 0.25) is 0 Å². The van der Waals surface area contributed by atoms with Crippen molar-refractivity contribution >= 4 is 12.1 Å². The van der Waals surface area contributed by atoms with Crippen molar-refractivity contribution in [1.29, 1.82) is 0 Å². The molecule has 1 aromatic carbocycles. The van der Waals surface area contributed by atoms with E-state index >= 15 is 0 Å². The van der Waals surface area contributed by atoms with Gasteiger partial charge < -0.3 is 15.2 Å². The summed E-state index contributed by atoms with van der Waals surface area (Å²) in [5.74, 6) is -0.450. The zero-order valence-electron chi connectivity index (χ0n) is 21.2. The molecule has 33 heavy (non-hydrogen) atoms. The molecule has 0 unspecified atom stereocenters. The van der Waals surface area contributed by atoms with Crippen molar-refractivity contribution in [1.82, 2.24) is 10.3 Å². The lowest BCUT2D eigenvalue weighted by Crippen LogP contribution is -2.33. The highest BCUT2D eigenvalue weighted by Crippen LogP contribution is 2.34. The van der Waals surface area contributed by atoms with E-state index in [-0.39, 0.29) is 18.0 Å². The van der Waals surface area contributed by atoms with E-state index in [0.29, 0.717) is 30.0 Å². The molecule has 2 rings (SSSR count). The van der Waals surface area contributed by atoms with Crippen LogP contribution in [0.5, 0.6) is 0 Å². The summed E-state index contributed by atoms with van der Waals surface area (Å²) in [6.45, 7) is 15.9. The molecule has 0 saturated heterocycles. The van der Waals surface area contributed by atoms with E-state index in [1.54, 1.807) is 20.8 Å². The van der Waals surface area contributed by atoms with Crippen LogP contribution in [-0.4, -0.2) is 27.8 Å². The van der Waals surface area contributed by atoms with Gasteiger partial charge in [0.1, 0.15) is 5.60 Å². The number of aryl methyl sites for hydroxylation is 1. The quantitative estimate of drug-likeness (QED) is 0.497. The lowest BCUT2D eigenvalue weighted by Gasteiger charge is -2.23. The van der Waals surface area contributed by atoms with Crippen LogP contribution < -0.4 is 5.32 Å². The molecule has 0 aliphatic rings. The Bertz CT molecular complexity index is 987. The second-order valence-electron chi connectivity index (χ2n) is 10.5. The zero-order valence-corrected chi connectivity index (χ0v) is 21.2. The van der Waals surface area contributed by atoms with E-state index in [0.717, 1.165) is 22.4 Å². The number of carbonyl (C=O) groups is 2. The molecule has 0 aliphatic heterocycles. The molecule has 1 amide bonds. The molecule has 180 valence electrons. The van der Waals surface area contributed by atoms with Gasteiger partial charge in [0, 0.05) is 23.4 Å². The minimum absolute atomic E-state index is 0.134. The summed E-state index contributed by atoms with van der Waals surface area (Å²) in [6.07, 6.45) is 0.691. The summed E-state index contributed by atoms with van der Waals surface area (Å²) < 4.78 is 5.41. The van der Waals surface area contributed by atoms with Crippen molar-refractivity contribution in [3.8, 4) is 11.1 Å². The average molecular weight is 455 g/mol. The van der Waals surface area contributed by atoms with Crippen LogP contribution in [0.15, 0.2) is 24.3 Å². The smallest absolute Gasteiger partial charge is 0.407 e. The summed E-state index contributed by atoms with van der Waals surface area (Å²) in [5.41, 5.74) is 4.22. The topological polar surface area (TPSA) is 88.5 Å². The Morgan fingerprint density at radius 1 is 1.00 bits per heavy atom. The van der Waals surface area contributed by atoms with Crippen LogP contribution in [-0.2, 0) is 24.1 Å². The number of amides is 1. The standard InChI is InChI=1S/C27H38N2O4/c1-16(2)13-21-20(15-28-26(32)33-27(6,7)8)23(19-11-9-18(5)10-12-19)24(25(30)31)22(29-21)14-17(3)4/h9-12,16-17H,13-15H2,1-8H3,(H,28,32)(H,30,31). The number of aromatic nitrogens is 1. The Labute approximate surface area is 197 Å². The molecular formula is C27H38N2O4. The zero-order chi connectivity index (χ0) is 24.9. The second kappa shape index (κ2) is 10.8. The van der Waals surface area contributed by atoms with Gasteiger partial charge in [-0.2, -0.15) is 0 Å². The molecule has 0 bridgehead atoms. The fourth-order valence-electron chi connectivity index (χ4n) is 3.75. The van der Waals surface area contributed by atoms with E-state index in [1.165, 1.54) is 0 Å². The Balaban J connectivity index is 2.75. The number of rotatable bonds is 8. The van der Waals surface area contributed by atoms with Crippen LogP contribution in [0.25, 0.3) is 11.1 Å². The number of ether oxygens (including phenoxy) is 1. The SMILES string of the molecule is Cc1ccc(-c2c(CNC(=O)OC(C)(C)C)c(CC(C)C)nc(CC(C)C)c2C(=O)O)cc1. The third-order valence-electron chi connectivity index (χ3n) is 5.02. The summed E-state index contributed by atoms with van der Waals surface area (Å²) in [7, 11) is 0. The van der Waals surface area contributed by atoms with Crippen LogP contribution in [0.4, 0.5) is 4.79 Å². The van der Waals surface area contributed by atoms with Crippen molar-refractivity contribution in [3.63, 3.8) is 0 Å². The number of carboxylic acids is 1. The molecule has 0 aliphatic carbocycles. The third kappa shape index (κ3) is 7.58. The largest absolute Gasteiger partial charge is 0.478 e. The number of aromatic carboxylic acids is 1. The van der Waals surface area contributed by atoms with Crippen molar-refractivity contribution in [3.05, 3.63) is 52.3 Å². The predicted molar refractivity (Wildman–Crippen MR) is 132 cm³/mol. The number of benzene rings is 1. The fraction of sp³-hybridized carbons (Fsp3) is 0.519. The Morgan fingerprint density at radius 3 is 2.03 bits per heavy atom. The normalized spacial score (nSPS) is 11.7. The van der Waals surface area contributed by atoms with E-state index < -0.39 is 17.7 Å². The number of hydrogen-bond donors (Lipinski definition) is 2. The highest BCUT2D eigenvalue weighted by atomic mass is 16.6. The number of nitrogens with one attached hydrogen (secondary N) is 1. The first-order valence-corrected chi connectivity index (χ1v) is 11.6. The fourth-order valence-corrected chi connectivity index (χ4v) is 3.75. The lowest BCUT2D eigenvalue weighted by molar-refractivity contribution is 0.0523. The van der Waals surface area contributed by atoms with Gasteiger partial charge in [0.15, 0.2) is 0 Å². The highest BCUT2D eigenvalue weighted by Gasteiger charge is 2.26. The number of carbonyl (C=O) groups excluding carboxylic acids is 1. The number of pyridine rings is 1. The van der Waals surface area contributed by atoms with Crippen molar-refractivity contribution in [2.75, 3.05) is 0 Å². The van der Waals surface area contributed by atoms with Crippen LogP contribution >= 0.6 is 0 Å². The number of alkyl carbamates (subject to hydrolysis) is 1. The molecule has 2 aromatic rings. The minimum Gasteiger partial charge on any atom is -0.478 e. The monoisotopic (exact) mass is 454 g/mol. The maximum Gasteiger partial charge on any atom is 0.407 e. The molecule has 0 saturated carbocycles. The van der Waals surface area contributed by atoms with E-state index in [2.05, 4.69) is 33.0 Å². The van der Waals surface area contributed by atoms with Crippen LogP contribution in [0.1, 0.15) is 81.3 Å². The van der Waals surface area contributed by atoms with Gasteiger partial charge in [-0.05, 0) is 57.9 Å². The van der Waals surface area contributed by atoms with Crippen LogP contribution in [0, 0.1) is 18.8 Å². The maximum absolute atomic E-state index is 12.5. The van der Waals surface area contributed by atoms with Crippen LogP contribution in [0.3, 0.4) is 0 Å². The molecule has 0 radical (unpaired) electrons. The molecule has 2 N–H and O–H groups in total. The summed E-state index contributed by atoms with van der Waals surface area (Å²) in [4.78, 5) is 29.8. The predicted octanol–water partition coefficient (Wildman–Crippen LogP) is 6.18. The van der Waals surface area contributed by atoms with Gasteiger partial charge >= 0.3 is 12.1 Å². The maximum atomic E-state index is 12.5. The van der Waals surface area contributed by atoms with Crippen molar-refractivity contribution in [2.45, 2.75) is 80.4 Å². The van der Waals surface area contributed by atoms with Gasteiger partial charge in [-0.3, -0.25) is 4.98 Å². The molecule has 0 fully saturated rings. The first kappa shape index (κ1) is 26.4. The van der Waals surface area contributed by atoms with E-state index in [1.807, 2.05) is 31.2 Å². The van der Waals surface area contributed by atoms with Gasteiger partial charge in [-0.25, -0.2) is 9.59 Å². The molecular weight excluding hydrogens is 416 g/mol. The highest BCUT2D eigenvalue weighted by molar-refractivity contribution is 5.98. The van der Waals surface area contributed by atoms with Gasteiger partial charge in [-0.1, -0.05) is 57.5 Å². The third-order valence-corrected chi connectivity index (χ3v) is 5.02. The molecule has 6 heteroatoms. The Hall–Kier alpha value is -2.89. The van der Waals surface area contributed by atoms with Crippen molar-refractivity contribution < 1.29 is 19.4 Å². The van der Waals surface area contributed by atoms with Gasteiger partial charge in [0.05, 0.1) is 11.3 Å². The van der Waals surface area contributed by atoms with E-state index in [4.69, 9.17) is 9.72 Å². The lowest BCUT2D eigenvalue weighted by atomic mass is 9.88. The Morgan fingerprint density at radius 2 is 1.55 bits per heavy atom. The summed E-state index contributed by atoms with van der Waals surface area (Å²) in [6, 6.07) is 7.81. The van der Waals surface area contributed by atoms with Gasteiger partial charge in [0.25, 0.3) is 0 Å². The molecule has 1 aromatic heterocycles. The number of nitrogens with zero attached hydrogens (tertiary/aromatic N) is 1. The molecule has 0 atom stereocenters. The van der Waals surface area contributed by atoms with E-state index in [9.17, 15) is 14.7 Å². The summed E-state index contributed by atoms with van der Waals surface area (Å²) >= 11 is 0. The van der Waals surface area contributed by atoms with Gasteiger partial charge in [0.2, 0.25) is 0 Å². The number of hydrogen-bond acceptors (Lipinski definition) is 4. The number of carboxylic acid groups (broad SMARTS) is 1. The first-order valence-electron chi connectivity index (χ1n) is 11.6. The first-order chi connectivity index (χ1) is 15.3. The molecule has 6 nitrogen and oxygen atoms in total. The minimum atomic E-state index is -1.01. The average Bonchev–Trinajstić information content (AvgIpc) is 2.64. The molecule has 0 spiro atoms.